The third-order valence-electron chi connectivity index (χ3n) is 3.93. The Hall–Kier alpha value is -3.13. The van der Waals surface area contributed by atoms with Crippen molar-refractivity contribution in [3.05, 3.63) is 42.2 Å². The quantitative estimate of drug-likeness (QED) is 0.698. The maximum Gasteiger partial charge on any atom is 0.339 e. The molecule has 2 N–H and O–H groups in total. The van der Waals surface area contributed by atoms with E-state index in [4.69, 9.17) is 9.47 Å². The molecule has 1 aliphatic rings. The third kappa shape index (κ3) is 2.99. The molecule has 128 valence electrons. The molecule has 0 amide bonds. The van der Waals surface area contributed by atoms with Gasteiger partial charge in [-0.3, -0.25) is 0 Å². The van der Waals surface area contributed by atoms with E-state index in [1.165, 1.54) is 6.07 Å². The summed E-state index contributed by atoms with van der Waals surface area (Å²) in [7, 11) is 0. The number of fused-ring (bicyclic) bond motifs is 4. The Morgan fingerprint density at radius 3 is 3.04 bits per heavy atom. The van der Waals surface area contributed by atoms with Gasteiger partial charge in [0, 0.05) is 18.3 Å². The SMILES string of the molecule is O=C(O)c1ccc2cc1OCCOCCNc1ccn3ncc-2c3n1. The molecule has 0 radical (unpaired) electrons. The van der Waals surface area contributed by atoms with Crippen LogP contribution in [0.15, 0.2) is 36.7 Å². The highest BCUT2D eigenvalue weighted by molar-refractivity contribution is 5.92. The zero-order valence-corrected chi connectivity index (χ0v) is 13.3. The van der Waals surface area contributed by atoms with Crippen molar-refractivity contribution in [3.63, 3.8) is 0 Å². The van der Waals surface area contributed by atoms with Crippen LogP contribution in [0.3, 0.4) is 0 Å². The van der Waals surface area contributed by atoms with E-state index in [2.05, 4.69) is 15.4 Å². The van der Waals surface area contributed by atoms with Crippen LogP contribution in [-0.2, 0) is 4.74 Å². The van der Waals surface area contributed by atoms with Gasteiger partial charge < -0.3 is 19.9 Å². The van der Waals surface area contributed by atoms with Gasteiger partial charge in [-0.25, -0.2) is 14.3 Å². The first kappa shape index (κ1) is 15.4. The third-order valence-corrected chi connectivity index (χ3v) is 3.93. The van der Waals surface area contributed by atoms with Crippen LogP contribution in [0.1, 0.15) is 10.4 Å². The van der Waals surface area contributed by atoms with Crippen molar-refractivity contribution in [2.45, 2.75) is 0 Å². The summed E-state index contributed by atoms with van der Waals surface area (Å²) in [5.74, 6) is 0.000822. The van der Waals surface area contributed by atoms with E-state index in [1.54, 1.807) is 22.8 Å². The van der Waals surface area contributed by atoms with Crippen molar-refractivity contribution in [1.82, 2.24) is 14.6 Å². The molecule has 3 aromatic rings. The van der Waals surface area contributed by atoms with Gasteiger partial charge in [0.25, 0.3) is 0 Å². The van der Waals surface area contributed by atoms with Gasteiger partial charge in [-0.05, 0) is 23.8 Å². The molecular weight excluding hydrogens is 324 g/mol. The van der Waals surface area contributed by atoms with Gasteiger partial charge in [0.05, 0.1) is 19.4 Å². The minimum Gasteiger partial charge on any atom is -0.490 e. The lowest BCUT2D eigenvalue weighted by Gasteiger charge is -2.13. The minimum atomic E-state index is -1.03. The number of carboxylic acids is 1. The average molecular weight is 340 g/mol. The molecule has 3 heterocycles. The fourth-order valence-corrected chi connectivity index (χ4v) is 2.72. The molecule has 8 nitrogen and oxygen atoms in total. The first-order chi connectivity index (χ1) is 12.2. The maximum atomic E-state index is 11.4. The molecule has 0 atom stereocenters. The predicted octanol–water partition coefficient (Wildman–Crippen LogP) is 1.92. The molecular formula is C17H16N4O4. The van der Waals surface area contributed by atoms with Crippen molar-refractivity contribution in [3.8, 4) is 16.9 Å². The zero-order valence-electron chi connectivity index (χ0n) is 13.3. The van der Waals surface area contributed by atoms with Gasteiger partial charge in [-0.1, -0.05) is 6.07 Å². The lowest BCUT2D eigenvalue weighted by Crippen LogP contribution is -2.15. The number of carbonyl (C=O) groups is 1. The summed E-state index contributed by atoms with van der Waals surface area (Å²) >= 11 is 0. The summed E-state index contributed by atoms with van der Waals surface area (Å²) in [5.41, 5.74) is 2.39. The summed E-state index contributed by atoms with van der Waals surface area (Å²) in [6.45, 7) is 1.75. The Morgan fingerprint density at radius 2 is 2.16 bits per heavy atom. The number of nitrogens with zero attached hydrogens (tertiary/aromatic N) is 3. The zero-order chi connectivity index (χ0) is 17.2. The van der Waals surface area contributed by atoms with E-state index in [-0.39, 0.29) is 12.2 Å². The Balaban J connectivity index is 1.86. The first-order valence-corrected chi connectivity index (χ1v) is 7.89. The van der Waals surface area contributed by atoms with Crippen LogP contribution in [0.4, 0.5) is 5.82 Å². The van der Waals surface area contributed by atoms with Gasteiger partial charge in [0.2, 0.25) is 0 Å². The van der Waals surface area contributed by atoms with E-state index in [0.717, 1.165) is 16.9 Å². The van der Waals surface area contributed by atoms with Crippen LogP contribution in [0.25, 0.3) is 16.8 Å². The summed E-state index contributed by atoms with van der Waals surface area (Å²) in [5, 5.41) is 16.9. The molecule has 0 saturated heterocycles. The van der Waals surface area contributed by atoms with Crippen molar-refractivity contribution in [1.29, 1.82) is 0 Å². The summed E-state index contributed by atoms with van der Waals surface area (Å²) in [4.78, 5) is 16.0. The number of benzene rings is 1. The lowest BCUT2D eigenvalue weighted by molar-refractivity contribution is 0.0686. The van der Waals surface area contributed by atoms with Gasteiger partial charge in [0.1, 0.15) is 23.7 Å². The fourth-order valence-electron chi connectivity index (χ4n) is 2.72. The van der Waals surface area contributed by atoms with Crippen LogP contribution < -0.4 is 10.1 Å². The molecule has 4 bridgehead atoms. The van der Waals surface area contributed by atoms with Crippen molar-refractivity contribution in [2.75, 3.05) is 31.7 Å². The molecule has 8 heteroatoms. The second-order valence-electron chi connectivity index (χ2n) is 5.54. The van der Waals surface area contributed by atoms with Crippen molar-refractivity contribution >= 4 is 17.4 Å². The molecule has 0 spiro atoms. The van der Waals surface area contributed by atoms with Gasteiger partial charge in [0.15, 0.2) is 5.65 Å². The van der Waals surface area contributed by atoms with Gasteiger partial charge in [-0.15, -0.1) is 0 Å². The number of aromatic nitrogens is 3. The molecule has 0 fully saturated rings. The van der Waals surface area contributed by atoms with Crippen molar-refractivity contribution in [2.24, 2.45) is 0 Å². The summed E-state index contributed by atoms with van der Waals surface area (Å²) in [6, 6.07) is 6.81. The summed E-state index contributed by atoms with van der Waals surface area (Å²) < 4.78 is 12.8. The minimum absolute atomic E-state index is 0.114. The predicted molar refractivity (Wildman–Crippen MR) is 90.2 cm³/mol. The van der Waals surface area contributed by atoms with E-state index in [1.807, 2.05) is 12.3 Å². The van der Waals surface area contributed by atoms with Crippen LogP contribution in [-0.4, -0.2) is 52.0 Å². The second kappa shape index (κ2) is 6.40. The maximum absolute atomic E-state index is 11.4. The monoisotopic (exact) mass is 340 g/mol. The number of ether oxygens (including phenoxy) is 2. The average Bonchev–Trinajstić information content (AvgIpc) is 3.03. The number of nitrogens with one attached hydrogen (secondary N) is 1. The number of carboxylic acid groups (broad SMARTS) is 1. The lowest BCUT2D eigenvalue weighted by atomic mass is 10.1. The highest BCUT2D eigenvalue weighted by Gasteiger charge is 2.16. The molecule has 1 aliphatic heterocycles. The van der Waals surface area contributed by atoms with E-state index < -0.39 is 5.97 Å². The molecule has 0 aliphatic carbocycles. The molecule has 4 rings (SSSR count). The molecule has 25 heavy (non-hydrogen) atoms. The Bertz CT molecular complexity index is 938. The van der Waals surface area contributed by atoms with Gasteiger partial charge >= 0.3 is 5.97 Å². The molecule has 2 aromatic heterocycles. The van der Waals surface area contributed by atoms with Crippen LogP contribution in [0.2, 0.25) is 0 Å². The topological polar surface area (TPSA) is 98.0 Å². The summed E-state index contributed by atoms with van der Waals surface area (Å²) in [6.07, 6.45) is 3.53. The van der Waals surface area contributed by atoms with Crippen LogP contribution in [0, 0.1) is 0 Å². The number of hydrogen-bond donors (Lipinski definition) is 2. The Kier molecular flexibility index (Phi) is 3.95. The number of rotatable bonds is 1. The standard InChI is InChI=1S/C17H16N4O4/c22-17(23)12-2-1-11-9-14(12)25-8-7-24-6-4-18-15-3-5-21-16(20-15)13(11)10-19-21/h1-3,5,9-10H,4,6-8H2,(H,18,20)(H,22,23). The molecule has 0 unspecified atom stereocenters. The van der Waals surface area contributed by atoms with E-state index in [0.29, 0.717) is 31.2 Å². The van der Waals surface area contributed by atoms with Crippen LogP contribution in [0.5, 0.6) is 5.75 Å². The Morgan fingerprint density at radius 1 is 1.24 bits per heavy atom. The van der Waals surface area contributed by atoms with Crippen LogP contribution >= 0.6 is 0 Å². The smallest absolute Gasteiger partial charge is 0.339 e. The number of hydrogen-bond acceptors (Lipinski definition) is 6. The highest BCUT2D eigenvalue weighted by Crippen LogP contribution is 2.30. The molecule has 0 saturated carbocycles. The van der Waals surface area contributed by atoms with Crippen molar-refractivity contribution < 1.29 is 19.4 Å². The Labute approximate surface area is 143 Å². The number of anilines is 1. The largest absolute Gasteiger partial charge is 0.490 e. The normalized spacial score (nSPS) is 14.6. The first-order valence-electron chi connectivity index (χ1n) is 7.89. The second-order valence-corrected chi connectivity index (χ2v) is 5.54. The van der Waals surface area contributed by atoms with Gasteiger partial charge in [-0.2, -0.15) is 5.10 Å². The van der Waals surface area contributed by atoms with E-state index >= 15 is 0 Å². The van der Waals surface area contributed by atoms with E-state index in [9.17, 15) is 9.90 Å². The fraction of sp³-hybridized carbons (Fsp3) is 0.235. The molecule has 1 aromatic carbocycles. The highest BCUT2D eigenvalue weighted by atomic mass is 16.5. The number of aromatic carboxylic acids is 1.